The summed E-state index contributed by atoms with van der Waals surface area (Å²) in [5.74, 6) is -1.53. The van der Waals surface area contributed by atoms with Gasteiger partial charge in [-0.1, -0.05) is 0 Å². The average molecular weight is 263 g/mol. The Morgan fingerprint density at radius 2 is 2.22 bits per heavy atom. The quantitative estimate of drug-likeness (QED) is 0.444. The van der Waals surface area contributed by atoms with E-state index in [9.17, 15) is 19.4 Å². The van der Waals surface area contributed by atoms with Crippen molar-refractivity contribution in [2.75, 3.05) is 18.9 Å². The molecule has 0 aliphatic carbocycles. The minimum Gasteiger partial charge on any atom is -0.394 e. The van der Waals surface area contributed by atoms with Crippen molar-refractivity contribution in [3.8, 4) is 0 Å². The van der Waals surface area contributed by atoms with Crippen LogP contribution in [0.3, 0.4) is 0 Å². The number of nitrogens with zero attached hydrogens (tertiary/aromatic N) is 2. The van der Waals surface area contributed by atoms with Crippen LogP contribution in [0.4, 0.5) is 10.2 Å². The van der Waals surface area contributed by atoms with E-state index in [-0.39, 0.29) is 19.6 Å². The van der Waals surface area contributed by atoms with Crippen molar-refractivity contribution >= 4 is 5.82 Å². The molecule has 0 aliphatic heterocycles. The molecule has 0 aliphatic rings. The molecule has 0 aromatic carbocycles. The lowest BCUT2D eigenvalue weighted by Gasteiger charge is -2.17. The highest BCUT2D eigenvalue weighted by Gasteiger charge is 2.17. The lowest BCUT2D eigenvalue weighted by Crippen LogP contribution is -2.31. The number of nitrogen functional groups attached to an aromatic ring is 1. The van der Waals surface area contributed by atoms with E-state index in [1.165, 1.54) is 0 Å². The molecule has 0 radical (unpaired) electrons. The molecule has 1 rings (SSSR count). The molecule has 9 heteroatoms. The Morgan fingerprint density at radius 3 is 2.83 bits per heavy atom. The first-order chi connectivity index (χ1) is 8.45. The first-order valence-electron chi connectivity index (χ1n) is 5.08. The molecular formula is C9H14FN3O5. The number of hydrogen-bond donors (Lipinski definition) is 4. The fourth-order valence-electron chi connectivity index (χ4n) is 1.22. The Kier molecular flexibility index (Phi) is 5.16. The van der Waals surface area contributed by atoms with E-state index >= 15 is 0 Å². The van der Waals surface area contributed by atoms with Gasteiger partial charge in [-0.2, -0.15) is 4.98 Å². The van der Waals surface area contributed by atoms with Gasteiger partial charge in [-0.25, -0.2) is 9.18 Å². The van der Waals surface area contributed by atoms with Crippen LogP contribution in [0.15, 0.2) is 11.0 Å². The lowest BCUT2D eigenvalue weighted by atomic mass is 10.3. The number of aliphatic hydroxyl groups excluding tert-OH is 3. The second-order valence-corrected chi connectivity index (χ2v) is 3.43. The van der Waals surface area contributed by atoms with Gasteiger partial charge >= 0.3 is 5.69 Å². The van der Waals surface area contributed by atoms with E-state index in [2.05, 4.69) is 9.72 Å². The summed E-state index contributed by atoms with van der Waals surface area (Å²) in [6.45, 7) is -0.428. The molecule has 0 amide bonds. The predicted octanol–water partition coefficient (Wildman–Crippen LogP) is -1.83. The van der Waals surface area contributed by atoms with Crippen LogP contribution < -0.4 is 11.4 Å². The van der Waals surface area contributed by atoms with Crippen molar-refractivity contribution in [1.82, 2.24) is 9.55 Å². The SMILES string of the molecule is Nc1nc(=O)n([C@H](O)CC(O)OCCO)cc1F. The van der Waals surface area contributed by atoms with E-state index < -0.39 is 29.8 Å². The van der Waals surface area contributed by atoms with Crippen LogP contribution >= 0.6 is 0 Å². The number of ether oxygens (including phenoxy) is 1. The van der Waals surface area contributed by atoms with Crippen molar-refractivity contribution in [1.29, 1.82) is 0 Å². The fraction of sp³-hybridized carbons (Fsp3) is 0.556. The largest absolute Gasteiger partial charge is 0.394 e. The Labute approximate surface area is 101 Å². The van der Waals surface area contributed by atoms with Gasteiger partial charge in [0, 0.05) is 6.42 Å². The number of rotatable bonds is 6. The third kappa shape index (κ3) is 3.74. The molecule has 8 nitrogen and oxygen atoms in total. The predicted molar refractivity (Wildman–Crippen MR) is 57.8 cm³/mol. The van der Waals surface area contributed by atoms with Gasteiger partial charge in [0.05, 0.1) is 19.4 Å². The summed E-state index contributed by atoms with van der Waals surface area (Å²) in [7, 11) is 0. The normalized spacial score (nSPS) is 14.4. The molecule has 5 N–H and O–H groups in total. The number of halogens is 1. The zero-order valence-corrected chi connectivity index (χ0v) is 9.36. The molecule has 102 valence electrons. The van der Waals surface area contributed by atoms with Crippen molar-refractivity contribution in [2.45, 2.75) is 18.9 Å². The van der Waals surface area contributed by atoms with Crippen LogP contribution in [0.5, 0.6) is 0 Å². The third-order valence-electron chi connectivity index (χ3n) is 2.07. The van der Waals surface area contributed by atoms with Crippen molar-refractivity contribution in [2.24, 2.45) is 0 Å². The van der Waals surface area contributed by atoms with Crippen molar-refractivity contribution in [3.05, 3.63) is 22.5 Å². The number of anilines is 1. The summed E-state index contributed by atoms with van der Waals surface area (Å²) in [5.41, 5.74) is 4.13. The van der Waals surface area contributed by atoms with Gasteiger partial charge in [-0.3, -0.25) is 4.57 Å². The van der Waals surface area contributed by atoms with Crippen LogP contribution in [-0.2, 0) is 4.74 Å². The van der Waals surface area contributed by atoms with E-state index in [1.54, 1.807) is 0 Å². The molecule has 0 bridgehead atoms. The molecule has 1 heterocycles. The van der Waals surface area contributed by atoms with Crippen LogP contribution in [0.25, 0.3) is 0 Å². The van der Waals surface area contributed by atoms with Crippen molar-refractivity contribution < 1.29 is 24.4 Å². The average Bonchev–Trinajstić information content (AvgIpc) is 2.31. The number of hydrogen-bond acceptors (Lipinski definition) is 7. The van der Waals surface area contributed by atoms with Gasteiger partial charge < -0.3 is 25.8 Å². The van der Waals surface area contributed by atoms with Crippen LogP contribution in [0.2, 0.25) is 0 Å². The number of aliphatic hydroxyl groups is 3. The zero-order valence-electron chi connectivity index (χ0n) is 9.36. The molecule has 0 fully saturated rings. The van der Waals surface area contributed by atoms with E-state index in [4.69, 9.17) is 10.8 Å². The highest BCUT2D eigenvalue weighted by Crippen LogP contribution is 2.11. The fourth-order valence-corrected chi connectivity index (χ4v) is 1.22. The smallest absolute Gasteiger partial charge is 0.351 e. The van der Waals surface area contributed by atoms with E-state index in [0.717, 1.165) is 0 Å². The zero-order chi connectivity index (χ0) is 13.7. The molecule has 18 heavy (non-hydrogen) atoms. The summed E-state index contributed by atoms with van der Waals surface area (Å²) < 4.78 is 18.3. The maximum Gasteiger partial charge on any atom is 0.351 e. The first kappa shape index (κ1) is 14.5. The summed E-state index contributed by atoms with van der Waals surface area (Å²) >= 11 is 0. The molecule has 0 spiro atoms. The van der Waals surface area contributed by atoms with Crippen LogP contribution in [0.1, 0.15) is 12.6 Å². The van der Waals surface area contributed by atoms with Crippen LogP contribution in [-0.4, -0.2) is 44.4 Å². The molecule has 2 atom stereocenters. The molecule has 1 aromatic heterocycles. The number of nitrogens with two attached hydrogens (primary N) is 1. The molecule has 0 saturated carbocycles. The summed E-state index contributed by atoms with van der Waals surface area (Å²) in [5, 5.41) is 27.3. The third-order valence-corrected chi connectivity index (χ3v) is 2.07. The number of aromatic nitrogens is 2. The first-order valence-corrected chi connectivity index (χ1v) is 5.08. The van der Waals surface area contributed by atoms with E-state index in [0.29, 0.717) is 10.8 Å². The Balaban J connectivity index is 2.75. The lowest BCUT2D eigenvalue weighted by molar-refractivity contribution is -0.134. The van der Waals surface area contributed by atoms with Crippen molar-refractivity contribution in [3.63, 3.8) is 0 Å². The van der Waals surface area contributed by atoms with Gasteiger partial charge in [0.25, 0.3) is 0 Å². The monoisotopic (exact) mass is 263 g/mol. The summed E-state index contributed by atoms with van der Waals surface area (Å²) in [4.78, 5) is 14.5. The highest BCUT2D eigenvalue weighted by molar-refractivity contribution is 5.26. The van der Waals surface area contributed by atoms with Crippen LogP contribution in [0, 0.1) is 5.82 Å². The summed E-state index contributed by atoms with van der Waals surface area (Å²) in [6.07, 6.45) is -2.62. The minimum absolute atomic E-state index is 0.128. The van der Waals surface area contributed by atoms with Gasteiger partial charge in [-0.05, 0) is 0 Å². The summed E-state index contributed by atoms with van der Waals surface area (Å²) in [6, 6.07) is 0. The van der Waals surface area contributed by atoms with E-state index in [1.807, 2.05) is 0 Å². The minimum atomic E-state index is -1.52. The molecule has 1 unspecified atom stereocenters. The maximum atomic E-state index is 13.1. The molecule has 1 aromatic rings. The Morgan fingerprint density at radius 1 is 1.56 bits per heavy atom. The maximum absolute atomic E-state index is 13.1. The molecule has 0 saturated heterocycles. The van der Waals surface area contributed by atoms with Gasteiger partial charge in [0.15, 0.2) is 17.9 Å². The standard InChI is InChI=1S/C9H14FN3O5/c10-5-4-13(9(17)12-8(5)11)6(15)3-7(16)18-2-1-14/h4,6-7,14-16H,1-3H2,(H2,11,12,17)/t6-,7?/m1/s1. The molecular weight excluding hydrogens is 249 g/mol. The van der Waals surface area contributed by atoms with Gasteiger partial charge in [0.2, 0.25) is 0 Å². The van der Waals surface area contributed by atoms with Gasteiger partial charge in [0.1, 0.15) is 6.23 Å². The Hall–Kier alpha value is -1.55. The second-order valence-electron chi connectivity index (χ2n) is 3.43. The second kappa shape index (κ2) is 6.40. The topological polar surface area (TPSA) is 131 Å². The Bertz CT molecular complexity index is 452. The highest BCUT2D eigenvalue weighted by atomic mass is 19.1. The van der Waals surface area contributed by atoms with Gasteiger partial charge in [-0.15, -0.1) is 0 Å².